The average Bonchev–Trinajstić information content (AvgIpc) is 2.34. The molecule has 0 atom stereocenters. The van der Waals surface area contributed by atoms with Crippen LogP contribution >= 0.6 is 0 Å². The molecule has 2 aromatic rings. The predicted octanol–water partition coefficient (Wildman–Crippen LogP) is 5.03. The van der Waals surface area contributed by atoms with E-state index in [9.17, 15) is 0 Å². The van der Waals surface area contributed by atoms with Crippen LogP contribution in [-0.2, 0) is 0 Å². The Balaban J connectivity index is 0.000000811. The molecule has 17 heavy (non-hydrogen) atoms. The first-order valence-electron chi connectivity index (χ1n) is 5.62. The van der Waals surface area contributed by atoms with Gasteiger partial charge in [0.05, 0.1) is 0 Å². The maximum Gasteiger partial charge on any atom is 0.115 e. The highest BCUT2D eigenvalue weighted by Gasteiger charge is 1.96. The molecule has 1 N–H and O–H groups in total. The van der Waals surface area contributed by atoms with Crippen molar-refractivity contribution in [2.24, 2.45) is 0 Å². The first kappa shape index (κ1) is 15.2. The molecule has 2 aromatic carbocycles. The molecule has 0 amide bonds. The van der Waals surface area contributed by atoms with Gasteiger partial charge in [-0.05, 0) is 30.2 Å². The van der Waals surface area contributed by atoms with Crippen LogP contribution in [0.25, 0.3) is 11.1 Å². The Morgan fingerprint density at radius 3 is 1.47 bits per heavy atom. The number of phenolic OH excluding ortho intramolecular Hbond substituents is 1. The minimum atomic E-state index is 0. The lowest BCUT2D eigenvalue weighted by Crippen LogP contribution is -1.77. The van der Waals surface area contributed by atoms with Crippen molar-refractivity contribution in [1.82, 2.24) is 0 Å². The van der Waals surface area contributed by atoms with Crippen LogP contribution in [0.4, 0.5) is 0 Å². The standard InChI is InChI=1S/C13H12O.C2H6.CH4/c1-10-2-4-11(5-3-10)12-6-8-13(14)9-7-12;1-2;/h2-9,14H,1H3;1-2H3;1H4. The molecule has 1 heteroatoms. The number of phenols is 1. The molecule has 0 heterocycles. The minimum Gasteiger partial charge on any atom is -0.508 e. The normalized spacial score (nSPS) is 8.65. The Hall–Kier alpha value is -1.76. The summed E-state index contributed by atoms with van der Waals surface area (Å²) >= 11 is 0. The monoisotopic (exact) mass is 230 g/mol. The Bertz CT molecular complexity index is 369. The first-order chi connectivity index (χ1) is 7.75. The van der Waals surface area contributed by atoms with Gasteiger partial charge in [-0.2, -0.15) is 0 Å². The fourth-order valence-corrected chi connectivity index (χ4v) is 1.40. The topological polar surface area (TPSA) is 20.2 Å². The fourth-order valence-electron chi connectivity index (χ4n) is 1.40. The first-order valence-corrected chi connectivity index (χ1v) is 5.62. The highest BCUT2D eigenvalue weighted by Crippen LogP contribution is 2.21. The molecule has 0 radical (unpaired) electrons. The predicted molar refractivity (Wildman–Crippen MR) is 76.4 cm³/mol. The number of aryl methyl sites for hydroxylation is 1. The van der Waals surface area contributed by atoms with Gasteiger partial charge in [-0.25, -0.2) is 0 Å². The maximum atomic E-state index is 9.15. The fraction of sp³-hybridized carbons (Fsp3) is 0.250. The van der Waals surface area contributed by atoms with Gasteiger partial charge in [-0.15, -0.1) is 0 Å². The van der Waals surface area contributed by atoms with Gasteiger partial charge in [0.15, 0.2) is 0 Å². The van der Waals surface area contributed by atoms with E-state index >= 15 is 0 Å². The molecule has 1 nitrogen and oxygen atoms in total. The summed E-state index contributed by atoms with van der Waals surface area (Å²) in [6.45, 7) is 6.07. The number of hydrogen-bond acceptors (Lipinski definition) is 1. The molecular formula is C16H22O. The molecule has 0 fully saturated rings. The quantitative estimate of drug-likeness (QED) is 0.728. The Morgan fingerprint density at radius 2 is 1.06 bits per heavy atom. The van der Waals surface area contributed by atoms with E-state index in [4.69, 9.17) is 5.11 Å². The molecule has 0 aromatic heterocycles. The molecule has 0 bridgehead atoms. The molecule has 0 aliphatic heterocycles. The van der Waals surface area contributed by atoms with Crippen molar-refractivity contribution >= 4 is 0 Å². The molecule has 0 unspecified atom stereocenters. The number of benzene rings is 2. The van der Waals surface area contributed by atoms with Gasteiger partial charge in [0.2, 0.25) is 0 Å². The summed E-state index contributed by atoms with van der Waals surface area (Å²) in [5, 5.41) is 9.15. The molecule has 0 spiro atoms. The van der Waals surface area contributed by atoms with Gasteiger partial charge >= 0.3 is 0 Å². The van der Waals surface area contributed by atoms with Crippen molar-refractivity contribution in [3.63, 3.8) is 0 Å². The smallest absolute Gasteiger partial charge is 0.115 e. The van der Waals surface area contributed by atoms with Gasteiger partial charge in [0.25, 0.3) is 0 Å². The van der Waals surface area contributed by atoms with Crippen LogP contribution in [0.2, 0.25) is 0 Å². The van der Waals surface area contributed by atoms with E-state index in [0.29, 0.717) is 5.75 Å². The third-order valence-corrected chi connectivity index (χ3v) is 2.25. The maximum absolute atomic E-state index is 9.15. The van der Waals surface area contributed by atoms with E-state index in [1.165, 1.54) is 11.1 Å². The summed E-state index contributed by atoms with van der Waals surface area (Å²) in [7, 11) is 0. The SMILES string of the molecule is C.CC.Cc1ccc(-c2ccc(O)cc2)cc1. The minimum absolute atomic E-state index is 0. The van der Waals surface area contributed by atoms with Crippen LogP contribution in [0.1, 0.15) is 26.8 Å². The zero-order valence-corrected chi connectivity index (χ0v) is 10.1. The van der Waals surface area contributed by atoms with E-state index < -0.39 is 0 Å². The van der Waals surface area contributed by atoms with Gasteiger partial charge in [0, 0.05) is 0 Å². The van der Waals surface area contributed by atoms with Crippen LogP contribution in [0.3, 0.4) is 0 Å². The summed E-state index contributed by atoms with van der Waals surface area (Å²) in [6, 6.07) is 15.6. The Labute approximate surface area is 105 Å². The van der Waals surface area contributed by atoms with Crippen LogP contribution in [-0.4, -0.2) is 5.11 Å². The molecule has 0 aliphatic rings. The van der Waals surface area contributed by atoms with Crippen molar-refractivity contribution in [3.05, 3.63) is 54.1 Å². The second-order valence-corrected chi connectivity index (χ2v) is 3.41. The average molecular weight is 230 g/mol. The second kappa shape index (κ2) is 7.50. The summed E-state index contributed by atoms with van der Waals surface area (Å²) in [5.74, 6) is 0.306. The summed E-state index contributed by atoms with van der Waals surface area (Å²) in [5.41, 5.74) is 3.56. The van der Waals surface area contributed by atoms with Gasteiger partial charge < -0.3 is 5.11 Å². The van der Waals surface area contributed by atoms with Gasteiger partial charge in [-0.1, -0.05) is 63.2 Å². The molecule has 2 rings (SSSR count). The number of aromatic hydroxyl groups is 1. The highest BCUT2D eigenvalue weighted by molar-refractivity contribution is 5.64. The lowest BCUT2D eigenvalue weighted by molar-refractivity contribution is 0.475. The summed E-state index contributed by atoms with van der Waals surface area (Å²) in [6.07, 6.45) is 0. The van der Waals surface area contributed by atoms with E-state index in [1.54, 1.807) is 12.1 Å². The van der Waals surface area contributed by atoms with Crippen molar-refractivity contribution in [2.75, 3.05) is 0 Å². The Kier molecular flexibility index (Phi) is 6.73. The van der Waals surface area contributed by atoms with Gasteiger partial charge in [-0.3, -0.25) is 0 Å². The van der Waals surface area contributed by atoms with E-state index in [2.05, 4.69) is 31.2 Å². The van der Waals surface area contributed by atoms with Crippen LogP contribution in [0.5, 0.6) is 5.75 Å². The zero-order chi connectivity index (χ0) is 12.0. The largest absolute Gasteiger partial charge is 0.508 e. The number of rotatable bonds is 1. The molecular weight excluding hydrogens is 208 g/mol. The number of hydrogen-bond donors (Lipinski definition) is 1. The van der Waals surface area contributed by atoms with Crippen molar-refractivity contribution in [1.29, 1.82) is 0 Å². The summed E-state index contributed by atoms with van der Waals surface area (Å²) in [4.78, 5) is 0. The lowest BCUT2D eigenvalue weighted by atomic mass is 10.0. The molecule has 0 saturated carbocycles. The molecule has 0 aliphatic carbocycles. The van der Waals surface area contributed by atoms with E-state index in [1.807, 2.05) is 26.0 Å². The van der Waals surface area contributed by atoms with E-state index in [-0.39, 0.29) is 7.43 Å². The molecule has 92 valence electrons. The third-order valence-electron chi connectivity index (χ3n) is 2.25. The molecule has 0 saturated heterocycles. The summed E-state index contributed by atoms with van der Waals surface area (Å²) < 4.78 is 0. The highest BCUT2D eigenvalue weighted by atomic mass is 16.3. The van der Waals surface area contributed by atoms with E-state index in [0.717, 1.165) is 5.56 Å². The van der Waals surface area contributed by atoms with Gasteiger partial charge in [0.1, 0.15) is 5.75 Å². The van der Waals surface area contributed by atoms with Crippen molar-refractivity contribution in [3.8, 4) is 16.9 Å². The third kappa shape index (κ3) is 4.31. The van der Waals surface area contributed by atoms with Crippen LogP contribution in [0.15, 0.2) is 48.5 Å². The van der Waals surface area contributed by atoms with Crippen LogP contribution in [0, 0.1) is 6.92 Å². The van der Waals surface area contributed by atoms with Crippen molar-refractivity contribution in [2.45, 2.75) is 28.2 Å². The van der Waals surface area contributed by atoms with Crippen molar-refractivity contribution < 1.29 is 5.11 Å². The lowest BCUT2D eigenvalue weighted by Gasteiger charge is -2.01. The second-order valence-electron chi connectivity index (χ2n) is 3.41. The zero-order valence-electron chi connectivity index (χ0n) is 10.1. The Morgan fingerprint density at radius 1 is 0.706 bits per heavy atom. The van der Waals surface area contributed by atoms with Crippen LogP contribution < -0.4 is 0 Å².